The number of benzene rings is 3. The van der Waals surface area contributed by atoms with Gasteiger partial charge in [-0.05, 0) is 87.9 Å². The van der Waals surface area contributed by atoms with Gasteiger partial charge >= 0.3 is 0 Å². The van der Waals surface area contributed by atoms with Crippen LogP contribution in [-0.4, -0.2) is 15.1 Å². The molecule has 0 aliphatic rings. The van der Waals surface area contributed by atoms with Crippen molar-refractivity contribution in [1.82, 2.24) is 9.97 Å². The van der Waals surface area contributed by atoms with Gasteiger partial charge in [-0.25, -0.2) is 4.98 Å². The van der Waals surface area contributed by atoms with Crippen molar-refractivity contribution in [2.24, 2.45) is 0 Å². The van der Waals surface area contributed by atoms with E-state index in [0.717, 1.165) is 56.4 Å². The molecule has 2 heterocycles. The molecule has 0 fully saturated rings. The van der Waals surface area contributed by atoms with Crippen molar-refractivity contribution in [3.05, 3.63) is 119 Å². The molecule has 0 saturated carbocycles. The van der Waals surface area contributed by atoms with E-state index < -0.39 is 0 Å². The van der Waals surface area contributed by atoms with E-state index in [-0.39, 0.29) is 43.1 Å². The summed E-state index contributed by atoms with van der Waals surface area (Å²) in [4.78, 5) is 12.2. The number of pyridine rings is 2. The molecule has 0 amide bonds. The molecule has 0 atom stereocenters. The summed E-state index contributed by atoms with van der Waals surface area (Å²) in [6.07, 6.45) is 1.95. The van der Waals surface area contributed by atoms with E-state index in [9.17, 15) is 5.11 Å². The monoisotopic (exact) mass is 805 g/mol. The van der Waals surface area contributed by atoms with Crippen LogP contribution in [0.25, 0.3) is 22.5 Å². The standard InChI is InChI=1S/C42H48N3O.Pt/c1-27-22-32(42(9,10)11)23-28(2)39(27)45(38-17-13-16-36(44-38)35-21-19-31(26-43-35)41(6,7)8)33-15-12-14-29(24-33)34-20-18-30(25-37(34)46)40(3,4)5;/h12-23,25-26,46H,1-11H3;/q-1;. The van der Waals surface area contributed by atoms with Crippen molar-refractivity contribution in [1.29, 1.82) is 0 Å². The molecule has 0 unspecified atom stereocenters. The zero-order valence-electron chi connectivity index (χ0n) is 29.7. The van der Waals surface area contributed by atoms with Gasteiger partial charge in [-0.1, -0.05) is 104 Å². The number of hydrogen-bond donors (Lipinski definition) is 1. The number of phenols is 1. The minimum Gasteiger partial charge on any atom is -0.517 e. The summed E-state index contributed by atoms with van der Waals surface area (Å²) in [6, 6.07) is 30.6. The fraction of sp³-hybridized carbons (Fsp3) is 0.333. The van der Waals surface area contributed by atoms with Crippen LogP contribution in [0.3, 0.4) is 0 Å². The van der Waals surface area contributed by atoms with Crippen LogP contribution in [-0.2, 0) is 37.3 Å². The third-order valence-corrected chi connectivity index (χ3v) is 8.61. The Hall–Kier alpha value is -3.75. The number of aromatic hydroxyl groups is 1. The molecule has 4 nitrogen and oxygen atoms in total. The second-order valence-corrected chi connectivity index (χ2v) is 15.5. The number of aryl methyl sites for hydroxylation is 2. The van der Waals surface area contributed by atoms with E-state index >= 15 is 0 Å². The predicted octanol–water partition coefficient (Wildman–Crippen LogP) is 11.3. The maximum atomic E-state index is 11.1. The average Bonchev–Trinajstić information content (AvgIpc) is 2.97. The Kier molecular flexibility index (Phi) is 10.3. The van der Waals surface area contributed by atoms with Gasteiger partial charge in [0.25, 0.3) is 0 Å². The number of nitrogens with zero attached hydrogens (tertiary/aromatic N) is 3. The van der Waals surface area contributed by atoms with Crippen LogP contribution in [0.15, 0.2) is 85.1 Å². The molecule has 0 radical (unpaired) electrons. The molecule has 2 aromatic heterocycles. The molecule has 0 aliphatic carbocycles. The van der Waals surface area contributed by atoms with Crippen molar-refractivity contribution >= 4 is 17.2 Å². The summed E-state index contributed by atoms with van der Waals surface area (Å²) in [5, 5.41) is 11.1. The van der Waals surface area contributed by atoms with Gasteiger partial charge in [0, 0.05) is 27.3 Å². The molecule has 5 rings (SSSR count). The maximum absolute atomic E-state index is 11.1. The molecule has 1 N–H and O–H groups in total. The van der Waals surface area contributed by atoms with Gasteiger partial charge in [-0.15, -0.1) is 29.8 Å². The normalized spacial score (nSPS) is 12.1. The maximum Gasteiger partial charge on any atom is 0.136 e. The van der Waals surface area contributed by atoms with Crippen LogP contribution in [0, 0.1) is 19.9 Å². The smallest absolute Gasteiger partial charge is 0.136 e. The van der Waals surface area contributed by atoms with E-state index in [0.29, 0.717) is 0 Å². The first-order valence-electron chi connectivity index (χ1n) is 16.2. The van der Waals surface area contributed by atoms with Gasteiger partial charge in [-0.3, -0.25) is 4.98 Å². The van der Waals surface area contributed by atoms with E-state index in [2.05, 4.69) is 124 Å². The number of phenolic OH excluding ortho intramolecular Hbond substituents is 1. The first-order valence-corrected chi connectivity index (χ1v) is 16.2. The molecule has 47 heavy (non-hydrogen) atoms. The van der Waals surface area contributed by atoms with Crippen molar-refractivity contribution < 1.29 is 26.2 Å². The van der Waals surface area contributed by atoms with Gasteiger partial charge in [0.2, 0.25) is 0 Å². The summed E-state index contributed by atoms with van der Waals surface area (Å²) in [5.41, 5.74) is 10.9. The Labute approximate surface area is 296 Å². The molecule has 5 aromatic rings. The minimum absolute atomic E-state index is 0. The fourth-order valence-corrected chi connectivity index (χ4v) is 5.75. The Balaban J connectivity index is 0.00000500. The van der Waals surface area contributed by atoms with Gasteiger partial charge < -0.3 is 10.0 Å². The van der Waals surface area contributed by atoms with E-state index in [4.69, 9.17) is 9.97 Å². The molecule has 0 saturated heterocycles. The summed E-state index contributed by atoms with van der Waals surface area (Å²) in [5.74, 6) is 1.02. The Morgan fingerprint density at radius 2 is 1.23 bits per heavy atom. The van der Waals surface area contributed by atoms with Crippen molar-refractivity contribution in [2.45, 2.75) is 92.4 Å². The third kappa shape index (κ3) is 7.87. The fourth-order valence-electron chi connectivity index (χ4n) is 5.75. The summed E-state index contributed by atoms with van der Waals surface area (Å²) < 4.78 is 0. The van der Waals surface area contributed by atoms with Crippen LogP contribution in [0.5, 0.6) is 5.75 Å². The van der Waals surface area contributed by atoms with Gasteiger partial charge in [0.15, 0.2) is 0 Å². The second kappa shape index (κ2) is 13.4. The number of aromatic nitrogens is 2. The summed E-state index contributed by atoms with van der Waals surface area (Å²) in [6.45, 7) is 24.1. The first-order chi connectivity index (χ1) is 21.4. The molecule has 0 bridgehead atoms. The molecule has 0 aliphatic heterocycles. The minimum atomic E-state index is -0.0642. The first kappa shape index (κ1) is 36.1. The Morgan fingerprint density at radius 3 is 1.79 bits per heavy atom. The van der Waals surface area contributed by atoms with Crippen LogP contribution < -0.4 is 4.90 Å². The van der Waals surface area contributed by atoms with Crippen LogP contribution in [0.1, 0.15) is 90.1 Å². The van der Waals surface area contributed by atoms with Crippen molar-refractivity contribution in [3.63, 3.8) is 0 Å². The number of rotatable bonds is 5. The summed E-state index contributed by atoms with van der Waals surface area (Å²) >= 11 is 0. The topological polar surface area (TPSA) is 49.2 Å². The summed E-state index contributed by atoms with van der Waals surface area (Å²) in [7, 11) is 0. The zero-order valence-corrected chi connectivity index (χ0v) is 32.0. The molecule has 248 valence electrons. The molecular weight excluding hydrogens is 758 g/mol. The van der Waals surface area contributed by atoms with Gasteiger partial charge in [-0.2, -0.15) is 0 Å². The van der Waals surface area contributed by atoms with Crippen LogP contribution >= 0.6 is 0 Å². The van der Waals surface area contributed by atoms with E-state index in [1.165, 1.54) is 11.1 Å². The number of hydrogen-bond acceptors (Lipinski definition) is 4. The Morgan fingerprint density at radius 1 is 0.638 bits per heavy atom. The van der Waals surface area contributed by atoms with Crippen molar-refractivity contribution in [2.75, 3.05) is 4.90 Å². The quantitative estimate of drug-likeness (QED) is 0.180. The molecule has 5 heteroatoms. The SMILES string of the molecule is Cc1cc(C(C)(C)C)cc(C)c1N(c1[c-]c(-c2ccc(C(C)(C)C)cc2O)ccc1)c1cccc(-c2ccc(C(C)(C)C)cn2)n1.[Pt]. The molecule has 3 aromatic carbocycles. The van der Waals surface area contributed by atoms with Crippen molar-refractivity contribution in [3.8, 4) is 28.3 Å². The molecule has 0 spiro atoms. The Bertz CT molecular complexity index is 1850. The molecular formula is C42H48N3OPt-. The van der Waals surface area contributed by atoms with Gasteiger partial charge in [0.05, 0.1) is 22.8 Å². The zero-order chi connectivity index (χ0) is 33.6. The third-order valence-electron chi connectivity index (χ3n) is 8.61. The second-order valence-electron chi connectivity index (χ2n) is 15.5. The average molecular weight is 806 g/mol. The predicted molar refractivity (Wildman–Crippen MR) is 194 cm³/mol. The van der Waals surface area contributed by atoms with Crippen LogP contribution in [0.2, 0.25) is 0 Å². The number of anilines is 3. The van der Waals surface area contributed by atoms with Crippen LogP contribution in [0.4, 0.5) is 17.2 Å². The van der Waals surface area contributed by atoms with E-state index in [1.807, 2.05) is 48.7 Å². The van der Waals surface area contributed by atoms with Gasteiger partial charge in [0.1, 0.15) is 5.82 Å². The largest absolute Gasteiger partial charge is 0.517 e. The van der Waals surface area contributed by atoms with E-state index in [1.54, 1.807) is 0 Å².